The lowest BCUT2D eigenvalue weighted by Gasteiger charge is -2.05. The number of rotatable bonds is 7. The second kappa shape index (κ2) is 7.46. The second-order valence-electron chi connectivity index (χ2n) is 4.91. The van der Waals surface area contributed by atoms with Gasteiger partial charge in [0.25, 0.3) is 5.89 Å². The molecule has 3 aromatic rings. The van der Waals surface area contributed by atoms with Gasteiger partial charge in [-0.1, -0.05) is 11.2 Å². The summed E-state index contributed by atoms with van der Waals surface area (Å²) in [5, 5.41) is 7.15. The molecule has 0 aromatic carbocycles. The van der Waals surface area contributed by atoms with Gasteiger partial charge >= 0.3 is 0 Å². The standard InChI is InChI=1S/C16H17N5O2/c1-22-8-6-15-20-16(23-21-15)13-4-5-14(19-11-13)18-10-12-3-2-7-17-9-12/h2-5,7,9,11H,6,8,10H2,1H3,(H,18,19). The van der Waals surface area contributed by atoms with Gasteiger partial charge in [-0.15, -0.1) is 0 Å². The first-order chi connectivity index (χ1) is 11.3. The smallest absolute Gasteiger partial charge is 0.259 e. The van der Waals surface area contributed by atoms with Crippen molar-refractivity contribution in [2.75, 3.05) is 19.0 Å². The third-order valence-corrected chi connectivity index (χ3v) is 3.20. The summed E-state index contributed by atoms with van der Waals surface area (Å²) in [6.07, 6.45) is 5.90. The lowest BCUT2D eigenvalue weighted by Crippen LogP contribution is -2.01. The number of hydrogen-bond donors (Lipinski definition) is 1. The van der Waals surface area contributed by atoms with Gasteiger partial charge in [0.15, 0.2) is 5.82 Å². The number of nitrogens with one attached hydrogen (secondary N) is 1. The Hall–Kier alpha value is -2.80. The highest BCUT2D eigenvalue weighted by molar-refractivity contribution is 5.54. The molecule has 0 radical (unpaired) electrons. The third-order valence-electron chi connectivity index (χ3n) is 3.20. The van der Waals surface area contributed by atoms with Crippen molar-refractivity contribution in [3.63, 3.8) is 0 Å². The highest BCUT2D eigenvalue weighted by atomic mass is 16.5. The van der Waals surface area contributed by atoms with E-state index in [1.165, 1.54) is 0 Å². The fraction of sp³-hybridized carbons (Fsp3) is 0.250. The van der Waals surface area contributed by atoms with Crippen LogP contribution < -0.4 is 5.32 Å². The van der Waals surface area contributed by atoms with Gasteiger partial charge in [-0.3, -0.25) is 4.98 Å². The van der Waals surface area contributed by atoms with Crippen molar-refractivity contribution in [3.05, 3.63) is 54.2 Å². The van der Waals surface area contributed by atoms with E-state index in [1.54, 1.807) is 19.5 Å². The Morgan fingerprint density at radius 3 is 2.91 bits per heavy atom. The maximum Gasteiger partial charge on any atom is 0.259 e. The summed E-state index contributed by atoms with van der Waals surface area (Å²) in [5.41, 5.74) is 1.88. The largest absolute Gasteiger partial charge is 0.384 e. The van der Waals surface area contributed by atoms with Gasteiger partial charge in [0.1, 0.15) is 5.82 Å². The van der Waals surface area contributed by atoms with Crippen LogP contribution >= 0.6 is 0 Å². The molecule has 7 heteroatoms. The van der Waals surface area contributed by atoms with E-state index < -0.39 is 0 Å². The number of hydrogen-bond acceptors (Lipinski definition) is 7. The van der Waals surface area contributed by atoms with Crippen molar-refractivity contribution >= 4 is 5.82 Å². The number of nitrogens with zero attached hydrogens (tertiary/aromatic N) is 4. The van der Waals surface area contributed by atoms with Crippen LogP contribution in [-0.4, -0.2) is 33.8 Å². The molecule has 0 spiro atoms. The lowest BCUT2D eigenvalue weighted by molar-refractivity contribution is 0.199. The number of methoxy groups -OCH3 is 1. The van der Waals surface area contributed by atoms with Crippen LogP contribution in [-0.2, 0) is 17.7 Å². The van der Waals surface area contributed by atoms with Gasteiger partial charge in [-0.05, 0) is 23.8 Å². The Morgan fingerprint density at radius 1 is 1.22 bits per heavy atom. The minimum atomic E-state index is 0.461. The van der Waals surface area contributed by atoms with Gasteiger partial charge in [0, 0.05) is 38.7 Å². The molecule has 0 aliphatic rings. The highest BCUT2D eigenvalue weighted by Crippen LogP contribution is 2.18. The molecule has 118 valence electrons. The van der Waals surface area contributed by atoms with Crippen molar-refractivity contribution in [3.8, 4) is 11.5 Å². The first-order valence-electron chi connectivity index (χ1n) is 7.26. The van der Waals surface area contributed by atoms with E-state index >= 15 is 0 Å². The van der Waals surface area contributed by atoms with Crippen LogP contribution in [0.5, 0.6) is 0 Å². The first kappa shape index (κ1) is 15.1. The van der Waals surface area contributed by atoms with Gasteiger partial charge in [-0.25, -0.2) is 4.98 Å². The van der Waals surface area contributed by atoms with Crippen molar-refractivity contribution in [2.24, 2.45) is 0 Å². The Bertz CT molecular complexity index is 728. The molecule has 3 rings (SSSR count). The summed E-state index contributed by atoms with van der Waals surface area (Å²) in [6, 6.07) is 7.69. The number of ether oxygens (including phenoxy) is 1. The first-order valence-corrected chi connectivity index (χ1v) is 7.26. The fourth-order valence-electron chi connectivity index (χ4n) is 1.99. The summed E-state index contributed by atoms with van der Waals surface area (Å²) in [6.45, 7) is 1.23. The topological polar surface area (TPSA) is 86.0 Å². The van der Waals surface area contributed by atoms with Crippen LogP contribution in [0.25, 0.3) is 11.5 Å². The fourth-order valence-corrected chi connectivity index (χ4v) is 1.99. The third kappa shape index (κ3) is 4.10. The van der Waals surface area contributed by atoms with Crippen LogP contribution in [0.15, 0.2) is 47.4 Å². The molecular weight excluding hydrogens is 294 g/mol. The van der Waals surface area contributed by atoms with Crippen LogP contribution in [0.3, 0.4) is 0 Å². The van der Waals surface area contributed by atoms with E-state index in [2.05, 4.69) is 25.4 Å². The predicted octanol–water partition coefficient (Wildman–Crippen LogP) is 2.33. The van der Waals surface area contributed by atoms with Crippen LogP contribution in [0.2, 0.25) is 0 Å². The number of pyridine rings is 2. The molecule has 3 heterocycles. The summed E-state index contributed by atoms with van der Waals surface area (Å²) in [5.74, 6) is 1.86. The van der Waals surface area contributed by atoms with Crippen molar-refractivity contribution < 1.29 is 9.26 Å². The van der Waals surface area contributed by atoms with Crippen molar-refractivity contribution in [2.45, 2.75) is 13.0 Å². The van der Waals surface area contributed by atoms with Crippen molar-refractivity contribution in [1.29, 1.82) is 0 Å². The van der Waals surface area contributed by atoms with Crippen LogP contribution in [0.4, 0.5) is 5.82 Å². The van der Waals surface area contributed by atoms with Gasteiger partial charge in [0.2, 0.25) is 0 Å². The Labute approximate surface area is 133 Å². The maximum absolute atomic E-state index is 5.23. The summed E-state index contributed by atoms with van der Waals surface area (Å²) in [4.78, 5) is 12.7. The summed E-state index contributed by atoms with van der Waals surface area (Å²) in [7, 11) is 1.64. The zero-order chi connectivity index (χ0) is 15.9. The van der Waals surface area contributed by atoms with E-state index in [-0.39, 0.29) is 0 Å². The van der Waals surface area contributed by atoms with Gasteiger partial charge < -0.3 is 14.6 Å². The predicted molar refractivity (Wildman–Crippen MR) is 84.7 cm³/mol. The van der Waals surface area contributed by atoms with E-state index in [1.807, 2.05) is 30.5 Å². The van der Waals surface area contributed by atoms with E-state index in [4.69, 9.17) is 9.26 Å². The number of anilines is 1. The molecule has 7 nitrogen and oxygen atoms in total. The monoisotopic (exact) mass is 311 g/mol. The molecule has 0 saturated heterocycles. The average molecular weight is 311 g/mol. The van der Waals surface area contributed by atoms with Crippen LogP contribution in [0, 0.1) is 0 Å². The molecule has 3 aromatic heterocycles. The zero-order valence-corrected chi connectivity index (χ0v) is 12.8. The molecule has 1 N–H and O–H groups in total. The minimum Gasteiger partial charge on any atom is -0.384 e. The highest BCUT2D eigenvalue weighted by Gasteiger charge is 2.09. The van der Waals surface area contributed by atoms with Gasteiger partial charge in [-0.2, -0.15) is 4.98 Å². The molecule has 0 atom stereocenters. The van der Waals surface area contributed by atoms with E-state index in [0.29, 0.717) is 31.3 Å². The normalized spacial score (nSPS) is 10.7. The zero-order valence-electron chi connectivity index (χ0n) is 12.8. The quantitative estimate of drug-likeness (QED) is 0.716. The van der Waals surface area contributed by atoms with Crippen molar-refractivity contribution in [1.82, 2.24) is 20.1 Å². The molecule has 0 unspecified atom stereocenters. The molecule has 0 aliphatic heterocycles. The van der Waals surface area contributed by atoms with E-state index in [0.717, 1.165) is 16.9 Å². The second-order valence-corrected chi connectivity index (χ2v) is 4.91. The molecule has 0 amide bonds. The molecule has 0 bridgehead atoms. The molecule has 0 fully saturated rings. The maximum atomic E-state index is 5.23. The molecule has 0 saturated carbocycles. The Kier molecular flexibility index (Phi) is 4.90. The average Bonchev–Trinajstić information content (AvgIpc) is 3.08. The molecule has 23 heavy (non-hydrogen) atoms. The lowest BCUT2D eigenvalue weighted by atomic mass is 10.2. The molecule has 0 aliphatic carbocycles. The van der Waals surface area contributed by atoms with E-state index in [9.17, 15) is 0 Å². The Morgan fingerprint density at radius 2 is 2.17 bits per heavy atom. The van der Waals surface area contributed by atoms with Gasteiger partial charge in [0.05, 0.1) is 12.2 Å². The van der Waals surface area contributed by atoms with Crippen LogP contribution in [0.1, 0.15) is 11.4 Å². The summed E-state index contributed by atoms with van der Waals surface area (Å²) >= 11 is 0. The number of aromatic nitrogens is 4. The SMILES string of the molecule is COCCc1noc(-c2ccc(NCc3cccnc3)nc2)n1. The molecular formula is C16H17N5O2. The minimum absolute atomic E-state index is 0.461. The Balaban J connectivity index is 1.61. The summed E-state index contributed by atoms with van der Waals surface area (Å²) < 4.78 is 10.2.